The minimum Gasteiger partial charge on any atom is -0.494 e. The second kappa shape index (κ2) is 8.61. The summed E-state index contributed by atoms with van der Waals surface area (Å²) in [6.45, 7) is 6.53. The minimum atomic E-state index is -0.530. The van der Waals surface area contributed by atoms with Gasteiger partial charge in [0.05, 0.1) is 30.5 Å². The predicted molar refractivity (Wildman–Crippen MR) is 106 cm³/mol. The molecule has 0 radical (unpaired) electrons. The van der Waals surface area contributed by atoms with Gasteiger partial charge in [-0.05, 0) is 38.0 Å². The molecule has 1 aromatic carbocycles. The van der Waals surface area contributed by atoms with Crippen molar-refractivity contribution in [3.8, 4) is 5.75 Å². The molecular formula is C20H24N2O4S. The number of rotatable bonds is 6. The fourth-order valence-corrected chi connectivity index (χ4v) is 4.15. The highest BCUT2D eigenvalue weighted by atomic mass is 32.2. The lowest BCUT2D eigenvalue weighted by Gasteiger charge is -2.38. The number of aliphatic imine (C=N–C) groups is 1. The van der Waals surface area contributed by atoms with Crippen LogP contribution in [-0.4, -0.2) is 40.9 Å². The monoisotopic (exact) mass is 388 g/mol. The minimum absolute atomic E-state index is 0.0295. The lowest BCUT2D eigenvalue weighted by molar-refractivity contribution is -0.139. The average molecular weight is 388 g/mol. The molecule has 0 N–H and O–H groups in total. The summed E-state index contributed by atoms with van der Waals surface area (Å²) in [5.74, 6) is 1.01. The molecule has 1 atom stereocenters. The van der Waals surface area contributed by atoms with Crippen molar-refractivity contribution in [2.75, 3.05) is 19.0 Å². The molecule has 1 fully saturated rings. The maximum absolute atomic E-state index is 12.7. The molecule has 0 saturated carbocycles. The van der Waals surface area contributed by atoms with Crippen molar-refractivity contribution >= 4 is 28.8 Å². The molecule has 7 heteroatoms. The van der Waals surface area contributed by atoms with Crippen molar-refractivity contribution in [2.45, 2.75) is 39.7 Å². The largest absolute Gasteiger partial charge is 0.494 e. The molecule has 1 saturated heterocycles. The Bertz CT molecular complexity index is 786. The van der Waals surface area contributed by atoms with Crippen molar-refractivity contribution in [3.63, 3.8) is 0 Å². The standard InChI is InChI=1S/C20H24N2O4S/c1-4-11-26-15-8-6-14(7-9-15)18-17(19(24)25-5-2)13(3)21-20-22(18)16(23)10-12-27-20/h6-9,18H,4-5,10-12H2,1-3H3/t18-/m1/s1. The van der Waals surface area contributed by atoms with Crippen molar-refractivity contribution in [1.29, 1.82) is 0 Å². The third kappa shape index (κ3) is 4.03. The smallest absolute Gasteiger partial charge is 0.338 e. The average Bonchev–Trinajstić information content (AvgIpc) is 2.66. The molecule has 27 heavy (non-hydrogen) atoms. The first-order chi connectivity index (χ1) is 13.1. The van der Waals surface area contributed by atoms with Crippen molar-refractivity contribution in [1.82, 2.24) is 4.90 Å². The number of carbonyl (C=O) groups excluding carboxylic acids is 2. The van der Waals surface area contributed by atoms with E-state index in [-0.39, 0.29) is 12.5 Å². The SMILES string of the molecule is CCCOc1ccc([C@@H]2C(C(=O)OCC)=C(C)N=C3SCCC(=O)N32)cc1. The van der Waals surface area contributed by atoms with Crippen LogP contribution >= 0.6 is 11.8 Å². The molecule has 0 bridgehead atoms. The van der Waals surface area contributed by atoms with Gasteiger partial charge in [0.2, 0.25) is 5.91 Å². The summed E-state index contributed by atoms with van der Waals surface area (Å²) >= 11 is 1.54. The molecule has 0 aromatic heterocycles. The van der Waals surface area contributed by atoms with Gasteiger partial charge in [0.1, 0.15) is 5.75 Å². The highest BCUT2D eigenvalue weighted by molar-refractivity contribution is 8.14. The van der Waals surface area contributed by atoms with E-state index in [2.05, 4.69) is 11.9 Å². The van der Waals surface area contributed by atoms with Gasteiger partial charge in [-0.25, -0.2) is 9.79 Å². The van der Waals surface area contributed by atoms with E-state index in [1.807, 2.05) is 24.3 Å². The Morgan fingerprint density at radius 1 is 1.30 bits per heavy atom. The number of fused-ring (bicyclic) bond motifs is 1. The molecular weight excluding hydrogens is 364 g/mol. The second-order valence-corrected chi connectivity index (χ2v) is 7.36. The molecule has 1 amide bonds. The number of hydrogen-bond donors (Lipinski definition) is 0. The van der Waals surface area contributed by atoms with Crippen LogP contribution in [0.1, 0.15) is 45.2 Å². The third-order valence-corrected chi connectivity index (χ3v) is 5.33. The van der Waals surface area contributed by atoms with Gasteiger partial charge in [-0.2, -0.15) is 0 Å². The Labute approximate surface area is 163 Å². The van der Waals surface area contributed by atoms with E-state index in [0.717, 1.165) is 17.7 Å². The number of ether oxygens (including phenoxy) is 2. The van der Waals surface area contributed by atoms with Gasteiger partial charge in [0.15, 0.2) is 5.17 Å². The van der Waals surface area contributed by atoms with E-state index in [0.29, 0.717) is 35.2 Å². The van der Waals surface area contributed by atoms with Gasteiger partial charge in [-0.1, -0.05) is 30.8 Å². The van der Waals surface area contributed by atoms with Crippen molar-refractivity contribution in [3.05, 3.63) is 41.1 Å². The van der Waals surface area contributed by atoms with Crippen molar-refractivity contribution in [2.24, 2.45) is 4.99 Å². The fraction of sp³-hybridized carbons (Fsp3) is 0.450. The van der Waals surface area contributed by atoms with E-state index < -0.39 is 12.0 Å². The zero-order chi connectivity index (χ0) is 19.4. The molecule has 1 aromatic rings. The number of esters is 1. The first kappa shape index (κ1) is 19.5. The lowest BCUT2D eigenvalue weighted by atomic mass is 9.94. The molecule has 0 spiro atoms. The third-order valence-electron chi connectivity index (χ3n) is 4.37. The summed E-state index contributed by atoms with van der Waals surface area (Å²) in [6.07, 6.45) is 1.35. The number of benzene rings is 1. The summed E-state index contributed by atoms with van der Waals surface area (Å²) in [6, 6.07) is 7.01. The number of amidine groups is 1. The van der Waals surface area contributed by atoms with Crippen LogP contribution in [0.15, 0.2) is 40.5 Å². The van der Waals surface area contributed by atoms with E-state index >= 15 is 0 Å². The Balaban J connectivity index is 2.02. The Kier molecular flexibility index (Phi) is 6.21. The molecule has 0 aliphatic carbocycles. The summed E-state index contributed by atoms with van der Waals surface area (Å²) in [7, 11) is 0. The van der Waals surface area contributed by atoms with Crippen LogP contribution < -0.4 is 4.74 Å². The number of allylic oxidation sites excluding steroid dienone is 1. The van der Waals surface area contributed by atoms with Crippen LogP contribution in [0.4, 0.5) is 0 Å². The van der Waals surface area contributed by atoms with Crippen LogP contribution in [0.25, 0.3) is 0 Å². The molecule has 2 aliphatic rings. The van der Waals surface area contributed by atoms with Gasteiger partial charge < -0.3 is 9.47 Å². The molecule has 2 heterocycles. The Morgan fingerprint density at radius 3 is 2.70 bits per heavy atom. The first-order valence-corrected chi connectivity index (χ1v) is 10.2. The first-order valence-electron chi connectivity index (χ1n) is 9.21. The van der Waals surface area contributed by atoms with E-state index in [4.69, 9.17) is 9.47 Å². The van der Waals surface area contributed by atoms with Gasteiger partial charge >= 0.3 is 5.97 Å². The highest BCUT2D eigenvalue weighted by Gasteiger charge is 2.41. The molecule has 0 unspecified atom stereocenters. The summed E-state index contributed by atoms with van der Waals surface area (Å²) in [4.78, 5) is 31.5. The number of carbonyl (C=O) groups is 2. The lowest BCUT2D eigenvalue weighted by Crippen LogP contribution is -2.45. The zero-order valence-corrected chi connectivity index (χ0v) is 16.7. The Morgan fingerprint density at radius 2 is 2.04 bits per heavy atom. The molecule has 2 aliphatic heterocycles. The van der Waals surface area contributed by atoms with Crippen molar-refractivity contribution < 1.29 is 19.1 Å². The van der Waals surface area contributed by atoms with Gasteiger partial charge in [-0.3, -0.25) is 9.69 Å². The number of nitrogens with zero attached hydrogens (tertiary/aromatic N) is 2. The Hall–Kier alpha value is -2.28. The quantitative estimate of drug-likeness (QED) is 0.695. The topological polar surface area (TPSA) is 68.2 Å². The summed E-state index contributed by atoms with van der Waals surface area (Å²) in [5.41, 5.74) is 1.85. The maximum Gasteiger partial charge on any atom is 0.338 e. The molecule has 3 rings (SSSR count). The van der Waals surface area contributed by atoms with Gasteiger partial charge in [0, 0.05) is 12.2 Å². The summed E-state index contributed by atoms with van der Waals surface area (Å²) < 4.78 is 10.9. The second-order valence-electron chi connectivity index (χ2n) is 6.30. The van der Waals surface area contributed by atoms with Crippen LogP contribution in [0, 0.1) is 0 Å². The van der Waals surface area contributed by atoms with E-state index in [1.54, 1.807) is 18.7 Å². The van der Waals surface area contributed by atoms with Crippen LogP contribution in [-0.2, 0) is 14.3 Å². The highest BCUT2D eigenvalue weighted by Crippen LogP contribution is 2.40. The van der Waals surface area contributed by atoms with Gasteiger partial charge in [0.25, 0.3) is 0 Å². The maximum atomic E-state index is 12.7. The number of amides is 1. The normalized spacial score (nSPS) is 19.5. The molecule has 6 nitrogen and oxygen atoms in total. The zero-order valence-electron chi connectivity index (χ0n) is 15.9. The summed E-state index contributed by atoms with van der Waals surface area (Å²) in [5, 5.41) is 0.646. The molecule has 144 valence electrons. The fourth-order valence-electron chi connectivity index (χ4n) is 3.15. The van der Waals surface area contributed by atoms with E-state index in [1.165, 1.54) is 11.8 Å². The van der Waals surface area contributed by atoms with Gasteiger partial charge in [-0.15, -0.1) is 0 Å². The number of hydrogen-bond acceptors (Lipinski definition) is 6. The van der Waals surface area contributed by atoms with Crippen LogP contribution in [0.2, 0.25) is 0 Å². The number of thioether (sulfide) groups is 1. The van der Waals surface area contributed by atoms with Crippen LogP contribution in [0.5, 0.6) is 5.75 Å². The predicted octanol–water partition coefficient (Wildman–Crippen LogP) is 3.69. The van der Waals surface area contributed by atoms with E-state index in [9.17, 15) is 9.59 Å². The van der Waals surface area contributed by atoms with Crippen LogP contribution in [0.3, 0.4) is 0 Å².